The lowest BCUT2D eigenvalue weighted by Gasteiger charge is -2.28. The van der Waals surface area contributed by atoms with Gasteiger partial charge < -0.3 is 24.8 Å². The first-order valence-corrected chi connectivity index (χ1v) is 10.5. The number of rotatable bonds is 5. The van der Waals surface area contributed by atoms with E-state index in [-0.39, 0.29) is 18.4 Å². The van der Waals surface area contributed by atoms with Gasteiger partial charge in [-0.15, -0.1) is 0 Å². The maximum Gasteiger partial charge on any atom is 0.256 e. The number of hydrogen-bond acceptors (Lipinski definition) is 4. The number of nitrogens with one attached hydrogen (secondary N) is 2. The van der Waals surface area contributed by atoms with Crippen LogP contribution in [0.4, 0.5) is 11.4 Å². The number of aromatic amines is 1. The lowest BCUT2D eigenvalue weighted by molar-refractivity contribution is -0.116. The molecule has 0 bridgehead atoms. The molecule has 0 spiro atoms. The van der Waals surface area contributed by atoms with E-state index in [4.69, 9.17) is 4.74 Å². The van der Waals surface area contributed by atoms with Gasteiger partial charge in [-0.25, -0.2) is 0 Å². The van der Waals surface area contributed by atoms with Crippen molar-refractivity contribution >= 4 is 34.1 Å². The topological polar surface area (TPSA) is 77.7 Å². The largest absolute Gasteiger partial charge is 0.378 e. The third kappa shape index (κ3) is 4.41. The van der Waals surface area contributed by atoms with Gasteiger partial charge in [0.05, 0.1) is 30.8 Å². The van der Waals surface area contributed by atoms with Gasteiger partial charge in [0, 0.05) is 42.6 Å². The van der Waals surface area contributed by atoms with Crippen LogP contribution < -0.4 is 10.2 Å². The van der Waals surface area contributed by atoms with Crippen molar-refractivity contribution in [2.24, 2.45) is 0 Å². The van der Waals surface area contributed by atoms with Gasteiger partial charge in [0.2, 0.25) is 5.91 Å². The normalized spacial score (nSPS) is 14.0. The Balaban J connectivity index is 1.39. The number of aromatic nitrogens is 1. The van der Waals surface area contributed by atoms with Crippen LogP contribution in [0.25, 0.3) is 10.9 Å². The number of amides is 2. The molecule has 0 saturated carbocycles. The number of morpholine rings is 1. The number of benzene rings is 2. The minimum Gasteiger partial charge on any atom is -0.378 e. The maximum absolute atomic E-state index is 13.0. The molecule has 7 heteroatoms. The zero-order valence-electron chi connectivity index (χ0n) is 18.2. The van der Waals surface area contributed by atoms with Gasteiger partial charge in [0.25, 0.3) is 5.91 Å². The first-order valence-electron chi connectivity index (χ1n) is 10.5. The van der Waals surface area contributed by atoms with Crippen molar-refractivity contribution in [1.29, 1.82) is 0 Å². The predicted octanol–water partition coefficient (Wildman–Crippen LogP) is 3.33. The van der Waals surface area contributed by atoms with E-state index >= 15 is 0 Å². The standard InChI is InChI=1S/C24H28N4O3/c1-16-17(2)25-23-20(16)5-4-6-21(23)24(30)27(3)15-22(29)26-18-7-9-19(10-8-18)28-11-13-31-14-12-28/h4-10,25H,11-15H2,1-3H3,(H,26,29). The fourth-order valence-corrected chi connectivity index (χ4v) is 3.93. The predicted molar refractivity (Wildman–Crippen MR) is 123 cm³/mol. The summed E-state index contributed by atoms with van der Waals surface area (Å²) in [5, 5.41) is 3.91. The Morgan fingerprint density at radius 1 is 1.10 bits per heavy atom. The van der Waals surface area contributed by atoms with E-state index in [9.17, 15) is 9.59 Å². The summed E-state index contributed by atoms with van der Waals surface area (Å²) < 4.78 is 5.38. The second-order valence-electron chi connectivity index (χ2n) is 7.96. The van der Waals surface area contributed by atoms with Crippen molar-refractivity contribution in [3.63, 3.8) is 0 Å². The quantitative estimate of drug-likeness (QED) is 0.664. The molecule has 3 aromatic rings. The summed E-state index contributed by atoms with van der Waals surface area (Å²) in [5.74, 6) is -0.425. The number of H-pyrrole nitrogens is 1. The molecule has 1 saturated heterocycles. The van der Waals surface area contributed by atoms with Crippen LogP contribution in [-0.4, -0.2) is 61.6 Å². The number of hydrogen-bond donors (Lipinski definition) is 2. The van der Waals surface area contributed by atoms with Crippen molar-refractivity contribution in [2.45, 2.75) is 13.8 Å². The number of likely N-dealkylation sites (N-methyl/N-ethyl adjacent to an activating group) is 1. The number of carbonyl (C=O) groups is 2. The first-order chi connectivity index (χ1) is 14.9. The van der Waals surface area contributed by atoms with E-state index in [2.05, 4.69) is 15.2 Å². The summed E-state index contributed by atoms with van der Waals surface area (Å²) in [6, 6.07) is 13.4. The van der Waals surface area contributed by atoms with E-state index in [1.165, 1.54) is 4.90 Å². The summed E-state index contributed by atoms with van der Waals surface area (Å²) in [6.45, 7) is 7.19. The van der Waals surface area contributed by atoms with Crippen molar-refractivity contribution < 1.29 is 14.3 Å². The summed E-state index contributed by atoms with van der Waals surface area (Å²) in [4.78, 5) is 32.5. The Kier molecular flexibility index (Phi) is 5.95. The second-order valence-corrected chi connectivity index (χ2v) is 7.96. The minimum atomic E-state index is -0.235. The van der Waals surface area contributed by atoms with Gasteiger partial charge in [0.1, 0.15) is 0 Å². The molecule has 1 aliphatic rings. The first kappa shape index (κ1) is 20.9. The molecule has 0 radical (unpaired) electrons. The minimum absolute atomic E-state index is 0.0287. The lowest BCUT2D eigenvalue weighted by atomic mass is 10.1. The Hall–Kier alpha value is -3.32. The Bertz CT molecular complexity index is 1100. The third-order valence-corrected chi connectivity index (χ3v) is 5.83. The van der Waals surface area contributed by atoms with Crippen molar-refractivity contribution in [1.82, 2.24) is 9.88 Å². The monoisotopic (exact) mass is 420 g/mol. The molecule has 162 valence electrons. The average molecular weight is 421 g/mol. The molecule has 1 fully saturated rings. The van der Waals surface area contributed by atoms with Gasteiger partial charge >= 0.3 is 0 Å². The Labute approximate surface area is 182 Å². The van der Waals surface area contributed by atoms with E-state index < -0.39 is 0 Å². The smallest absolute Gasteiger partial charge is 0.256 e. The summed E-state index contributed by atoms with van der Waals surface area (Å²) in [5.41, 5.74) is 5.37. The van der Waals surface area contributed by atoms with Crippen molar-refractivity contribution in [2.75, 3.05) is 50.1 Å². The highest BCUT2D eigenvalue weighted by Crippen LogP contribution is 2.25. The molecule has 0 unspecified atom stereocenters. The van der Waals surface area contributed by atoms with E-state index in [0.717, 1.165) is 54.2 Å². The highest BCUT2D eigenvalue weighted by molar-refractivity contribution is 6.08. The van der Waals surface area contributed by atoms with Gasteiger partial charge in [0.15, 0.2) is 0 Å². The number of ether oxygens (including phenoxy) is 1. The average Bonchev–Trinajstić information content (AvgIpc) is 3.08. The molecular formula is C24H28N4O3. The molecule has 0 aliphatic carbocycles. The number of nitrogens with zero attached hydrogens (tertiary/aromatic N) is 2. The fourth-order valence-electron chi connectivity index (χ4n) is 3.93. The molecule has 0 atom stereocenters. The van der Waals surface area contributed by atoms with Gasteiger partial charge in [-0.05, 0) is 49.7 Å². The van der Waals surface area contributed by atoms with Gasteiger partial charge in [-0.2, -0.15) is 0 Å². The summed E-state index contributed by atoms with van der Waals surface area (Å²) >= 11 is 0. The van der Waals surface area contributed by atoms with Gasteiger partial charge in [-0.3, -0.25) is 9.59 Å². The molecule has 31 heavy (non-hydrogen) atoms. The lowest BCUT2D eigenvalue weighted by Crippen LogP contribution is -2.36. The molecule has 2 N–H and O–H groups in total. The van der Waals surface area contributed by atoms with Gasteiger partial charge in [-0.1, -0.05) is 12.1 Å². The number of fused-ring (bicyclic) bond motifs is 1. The van der Waals surface area contributed by atoms with E-state index in [1.54, 1.807) is 13.1 Å². The summed E-state index contributed by atoms with van der Waals surface area (Å²) in [6.07, 6.45) is 0. The number of carbonyl (C=O) groups excluding carboxylic acids is 2. The van der Waals surface area contributed by atoms with Crippen LogP contribution in [-0.2, 0) is 9.53 Å². The Morgan fingerprint density at radius 3 is 2.52 bits per heavy atom. The molecule has 2 amide bonds. The van der Waals surface area contributed by atoms with E-state index in [0.29, 0.717) is 11.3 Å². The zero-order valence-corrected chi connectivity index (χ0v) is 18.2. The number of anilines is 2. The summed E-state index contributed by atoms with van der Waals surface area (Å²) in [7, 11) is 1.64. The van der Waals surface area contributed by atoms with Crippen LogP contribution in [0.1, 0.15) is 21.6 Å². The second kappa shape index (κ2) is 8.81. The highest BCUT2D eigenvalue weighted by Gasteiger charge is 2.19. The Morgan fingerprint density at radius 2 is 1.81 bits per heavy atom. The molecular weight excluding hydrogens is 392 g/mol. The van der Waals surface area contributed by atoms with Crippen LogP contribution >= 0.6 is 0 Å². The molecule has 4 rings (SSSR count). The van der Waals surface area contributed by atoms with Crippen LogP contribution in [0.3, 0.4) is 0 Å². The van der Waals surface area contributed by atoms with Crippen LogP contribution in [0.5, 0.6) is 0 Å². The van der Waals surface area contributed by atoms with Crippen LogP contribution in [0, 0.1) is 13.8 Å². The third-order valence-electron chi connectivity index (χ3n) is 5.83. The van der Waals surface area contributed by atoms with Crippen LogP contribution in [0.15, 0.2) is 42.5 Å². The zero-order chi connectivity index (χ0) is 22.0. The highest BCUT2D eigenvalue weighted by atomic mass is 16.5. The molecule has 2 heterocycles. The number of aryl methyl sites for hydroxylation is 2. The molecule has 1 aliphatic heterocycles. The molecule has 1 aromatic heterocycles. The SMILES string of the molecule is Cc1[nH]c2c(C(=O)N(C)CC(=O)Nc3ccc(N4CCOCC4)cc3)cccc2c1C. The molecule has 7 nitrogen and oxygen atoms in total. The van der Waals surface area contributed by atoms with Crippen LogP contribution in [0.2, 0.25) is 0 Å². The van der Waals surface area contributed by atoms with E-state index in [1.807, 2.05) is 50.2 Å². The van der Waals surface area contributed by atoms with Crippen molar-refractivity contribution in [3.05, 3.63) is 59.3 Å². The molecule has 2 aromatic carbocycles. The van der Waals surface area contributed by atoms with Crippen molar-refractivity contribution in [3.8, 4) is 0 Å². The number of para-hydroxylation sites is 1. The fraction of sp³-hybridized carbons (Fsp3) is 0.333. The maximum atomic E-state index is 13.0.